The summed E-state index contributed by atoms with van der Waals surface area (Å²) in [6, 6.07) is 0. The van der Waals surface area contributed by atoms with Gasteiger partial charge in [-0.15, -0.1) is 0 Å². The molecule has 0 spiro atoms. The highest BCUT2D eigenvalue weighted by atomic mass is 14.2. The Labute approximate surface area is 117 Å². The fourth-order valence-corrected chi connectivity index (χ4v) is 2.89. The van der Waals surface area contributed by atoms with Gasteiger partial charge in [-0.25, -0.2) is 0 Å². The molecule has 18 heavy (non-hydrogen) atoms. The molecule has 0 amide bonds. The van der Waals surface area contributed by atoms with Gasteiger partial charge in [0.2, 0.25) is 0 Å². The van der Waals surface area contributed by atoms with Crippen molar-refractivity contribution in [2.75, 3.05) is 0 Å². The summed E-state index contributed by atoms with van der Waals surface area (Å²) in [5, 5.41) is 0. The molecule has 0 heterocycles. The first kappa shape index (κ1) is 18.0. The van der Waals surface area contributed by atoms with E-state index < -0.39 is 0 Å². The molecule has 0 aromatic carbocycles. The number of unbranched alkanes of at least 4 members (excludes halogenated alkanes) is 7. The van der Waals surface area contributed by atoms with E-state index in [-0.39, 0.29) is 0 Å². The summed E-state index contributed by atoms with van der Waals surface area (Å²) in [5.41, 5.74) is 0. The number of rotatable bonds is 13. The van der Waals surface area contributed by atoms with Crippen molar-refractivity contribution in [2.24, 2.45) is 11.8 Å². The topological polar surface area (TPSA) is 0 Å². The molecule has 0 saturated carbocycles. The summed E-state index contributed by atoms with van der Waals surface area (Å²) >= 11 is 0. The van der Waals surface area contributed by atoms with Crippen LogP contribution in [0, 0.1) is 11.8 Å². The van der Waals surface area contributed by atoms with Crippen LogP contribution in [0.3, 0.4) is 0 Å². The Morgan fingerprint density at radius 2 is 1.06 bits per heavy atom. The zero-order valence-electron chi connectivity index (χ0n) is 13.6. The van der Waals surface area contributed by atoms with Gasteiger partial charge in [0.25, 0.3) is 0 Å². The van der Waals surface area contributed by atoms with E-state index in [1.807, 2.05) is 0 Å². The van der Waals surface area contributed by atoms with Crippen LogP contribution in [0.2, 0.25) is 0 Å². The first-order valence-electron chi connectivity index (χ1n) is 8.76. The Bertz CT molecular complexity index is 150. The van der Waals surface area contributed by atoms with Crippen molar-refractivity contribution in [1.29, 1.82) is 0 Å². The molecule has 0 N–H and O–H groups in total. The van der Waals surface area contributed by atoms with E-state index >= 15 is 0 Å². The molecule has 0 aromatic heterocycles. The van der Waals surface area contributed by atoms with E-state index in [1.165, 1.54) is 77.0 Å². The summed E-state index contributed by atoms with van der Waals surface area (Å²) in [5.74, 6) is 1.95. The van der Waals surface area contributed by atoms with Crippen LogP contribution in [0.25, 0.3) is 0 Å². The van der Waals surface area contributed by atoms with Gasteiger partial charge < -0.3 is 0 Å². The third-order valence-electron chi connectivity index (χ3n) is 4.56. The van der Waals surface area contributed by atoms with Crippen molar-refractivity contribution in [1.82, 2.24) is 0 Å². The lowest BCUT2D eigenvalue weighted by Crippen LogP contribution is -2.11. The van der Waals surface area contributed by atoms with Crippen LogP contribution < -0.4 is 0 Å². The van der Waals surface area contributed by atoms with Crippen molar-refractivity contribution in [3.05, 3.63) is 0 Å². The van der Waals surface area contributed by atoms with Crippen LogP contribution in [0.1, 0.15) is 105 Å². The van der Waals surface area contributed by atoms with E-state index in [1.54, 1.807) is 0 Å². The minimum atomic E-state index is 0.942. The zero-order chi connectivity index (χ0) is 13.6. The molecule has 0 saturated heterocycles. The molecular formula is C18H38. The van der Waals surface area contributed by atoms with Gasteiger partial charge in [0.1, 0.15) is 0 Å². The second-order valence-electron chi connectivity index (χ2n) is 6.20. The fourth-order valence-electron chi connectivity index (χ4n) is 2.89. The lowest BCUT2D eigenvalue weighted by molar-refractivity contribution is 0.288. The van der Waals surface area contributed by atoms with E-state index in [0.29, 0.717) is 0 Å². The predicted molar refractivity (Wildman–Crippen MR) is 85.1 cm³/mol. The van der Waals surface area contributed by atoms with E-state index in [9.17, 15) is 0 Å². The highest BCUT2D eigenvalue weighted by Crippen LogP contribution is 2.27. The average molecular weight is 255 g/mol. The monoisotopic (exact) mass is 254 g/mol. The van der Waals surface area contributed by atoms with Crippen molar-refractivity contribution < 1.29 is 0 Å². The molecule has 0 rings (SSSR count). The van der Waals surface area contributed by atoms with E-state index in [4.69, 9.17) is 0 Å². The summed E-state index contributed by atoms with van der Waals surface area (Å²) in [4.78, 5) is 0. The summed E-state index contributed by atoms with van der Waals surface area (Å²) in [7, 11) is 0. The average Bonchev–Trinajstić information content (AvgIpc) is 2.40. The predicted octanol–water partition coefficient (Wildman–Crippen LogP) is 6.98. The summed E-state index contributed by atoms with van der Waals surface area (Å²) in [6.45, 7) is 9.44. The van der Waals surface area contributed by atoms with Crippen molar-refractivity contribution >= 4 is 0 Å². The Hall–Kier alpha value is 0. The van der Waals surface area contributed by atoms with Gasteiger partial charge in [-0.05, 0) is 11.8 Å². The lowest BCUT2D eigenvalue weighted by Gasteiger charge is -2.23. The zero-order valence-corrected chi connectivity index (χ0v) is 13.6. The smallest absolute Gasteiger partial charge is 0.0389 e. The standard InChI is InChI=1S/C18H38/c1-5-8-10-12-14-16-18(17(4)7-3)15-13-11-9-6-2/h17-18H,5-16H2,1-4H3. The van der Waals surface area contributed by atoms with Gasteiger partial charge in [0, 0.05) is 0 Å². The Morgan fingerprint density at radius 3 is 1.50 bits per heavy atom. The number of hydrogen-bond acceptors (Lipinski definition) is 0. The molecule has 0 heteroatoms. The molecule has 0 bridgehead atoms. The van der Waals surface area contributed by atoms with Gasteiger partial charge in [0.05, 0.1) is 0 Å². The molecule has 0 radical (unpaired) electrons. The quantitative estimate of drug-likeness (QED) is 0.311. The molecule has 0 fully saturated rings. The largest absolute Gasteiger partial charge is 0.0654 e. The van der Waals surface area contributed by atoms with Crippen molar-refractivity contribution in [3.63, 3.8) is 0 Å². The molecule has 2 unspecified atom stereocenters. The van der Waals surface area contributed by atoms with E-state index in [2.05, 4.69) is 27.7 Å². The summed E-state index contributed by atoms with van der Waals surface area (Å²) in [6.07, 6.45) is 17.3. The SMILES string of the molecule is CCCCCCCC(CCCCCC)C(C)CC. The van der Waals surface area contributed by atoms with Crippen molar-refractivity contribution in [2.45, 2.75) is 105 Å². The van der Waals surface area contributed by atoms with Crippen LogP contribution in [0.4, 0.5) is 0 Å². The maximum absolute atomic E-state index is 2.47. The number of hydrogen-bond donors (Lipinski definition) is 0. The van der Waals surface area contributed by atoms with Crippen LogP contribution in [0.5, 0.6) is 0 Å². The fraction of sp³-hybridized carbons (Fsp3) is 1.00. The minimum absolute atomic E-state index is 0.942. The second kappa shape index (κ2) is 13.4. The van der Waals surface area contributed by atoms with Gasteiger partial charge >= 0.3 is 0 Å². The van der Waals surface area contributed by atoms with Crippen LogP contribution in [-0.4, -0.2) is 0 Å². The van der Waals surface area contributed by atoms with Crippen LogP contribution in [0.15, 0.2) is 0 Å². The first-order chi connectivity index (χ1) is 8.76. The molecule has 2 atom stereocenters. The first-order valence-corrected chi connectivity index (χ1v) is 8.76. The third-order valence-corrected chi connectivity index (χ3v) is 4.56. The van der Waals surface area contributed by atoms with Gasteiger partial charge in [-0.1, -0.05) is 105 Å². The minimum Gasteiger partial charge on any atom is -0.0654 e. The van der Waals surface area contributed by atoms with E-state index in [0.717, 1.165) is 11.8 Å². The molecule has 0 aliphatic rings. The van der Waals surface area contributed by atoms with Gasteiger partial charge in [-0.2, -0.15) is 0 Å². The Kier molecular flexibility index (Phi) is 13.4. The maximum atomic E-state index is 2.47. The Morgan fingerprint density at radius 1 is 0.611 bits per heavy atom. The Balaban J connectivity index is 3.70. The lowest BCUT2D eigenvalue weighted by atomic mass is 9.83. The maximum Gasteiger partial charge on any atom is -0.0389 e. The molecular weight excluding hydrogens is 216 g/mol. The molecule has 0 aliphatic carbocycles. The van der Waals surface area contributed by atoms with Crippen LogP contribution in [-0.2, 0) is 0 Å². The normalized spacial score (nSPS) is 14.7. The summed E-state index contributed by atoms with van der Waals surface area (Å²) < 4.78 is 0. The van der Waals surface area contributed by atoms with Crippen LogP contribution >= 0.6 is 0 Å². The molecule has 0 aromatic rings. The van der Waals surface area contributed by atoms with Gasteiger partial charge in [-0.3, -0.25) is 0 Å². The van der Waals surface area contributed by atoms with Crippen molar-refractivity contribution in [3.8, 4) is 0 Å². The van der Waals surface area contributed by atoms with Gasteiger partial charge in [0.15, 0.2) is 0 Å². The molecule has 110 valence electrons. The molecule has 0 aliphatic heterocycles. The molecule has 0 nitrogen and oxygen atoms in total. The third kappa shape index (κ3) is 9.97. The second-order valence-corrected chi connectivity index (χ2v) is 6.20. The highest BCUT2D eigenvalue weighted by molar-refractivity contribution is 4.66. The highest BCUT2D eigenvalue weighted by Gasteiger charge is 2.14.